The monoisotopic (exact) mass is 275 g/mol. The second kappa shape index (κ2) is 5.07. The number of nitrogens with one attached hydrogen (secondary N) is 1. The molecule has 1 unspecified atom stereocenters. The Bertz CT molecular complexity index is 394. The third-order valence-corrected chi connectivity index (χ3v) is 6.00. The summed E-state index contributed by atoms with van der Waals surface area (Å²) in [6.07, 6.45) is 3.11. The quantitative estimate of drug-likeness (QED) is 0.810. The zero-order valence-electron chi connectivity index (χ0n) is 11.6. The number of hydrogen-bond acceptors (Lipinski definition) is 3. The summed E-state index contributed by atoms with van der Waals surface area (Å²) in [5, 5.41) is 3.35. The Kier molecular flexibility index (Phi) is 4.02. The van der Waals surface area contributed by atoms with Crippen LogP contribution in [-0.4, -0.2) is 54.8 Å². The van der Waals surface area contributed by atoms with E-state index in [1.807, 2.05) is 20.8 Å². The molecule has 0 aliphatic carbocycles. The van der Waals surface area contributed by atoms with Crippen molar-refractivity contribution in [1.29, 1.82) is 0 Å². The van der Waals surface area contributed by atoms with Gasteiger partial charge in [0.05, 0.1) is 0 Å². The molecule has 2 aliphatic rings. The van der Waals surface area contributed by atoms with E-state index >= 15 is 0 Å². The van der Waals surface area contributed by atoms with Crippen LogP contribution in [0.5, 0.6) is 0 Å². The van der Waals surface area contributed by atoms with E-state index in [4.69, 9.17) is 0 Å². The molecule has 0 bridgehead atoms. The molecule has 0 spiro atoms. The van der Waals surface area contributed by atoms with Crippen molar-refractivity contribution in [2.45, 2.75) is 51.6 Å². The Morgan fingerprint density at radius 2 is 1.94 bits per heavy atom. The average molecular weight is 275 g/mol. The number of hydrogen-bond donors (Lipinski definition) is 1. The summed E-state index contributed by atoms with van der Waals surface area (Å²) < 4.78 is 28.7. The van der Waals surface area contributed by atoms with E-state index in [9.17, 15) is 8.42 Å². The first-order chi connectivity index (χ1) is 8.33. The molecule has 106 valence electrons. The Hall–Kier alpha value is -0.170. The highest BCUT2D eigenvalue weighted by Gasteiger charge is 2.38. The van der Waals surface area contributed by atoms with Gasteiger partial charge >= 0.3 is 0 Å². The Balaban J connectivity index is 2.14. The smallest absolute Gasteiger partial charge is 0.282 e. The maximum Gasteiger partial charge on any atom is 0.282 e. The zero-order chi connectivity index (χ0) is 13.4. The lowest BCUT2D eigenvalue weighted by atomic mass is 10.0. The highest BCUT2D eigenvalue weighted by molar-refractivity contribution is 7.86. The van der Waals surface area contributed by atoms with Gasteiger partial charge in [0.1, 0.15) is 0 Å². The van der Waals surface area contributed by atoms with Crippen LogP contribution in [0.2, 0.25) is 0 Å². The average Bonchev–Trinajstić information content (AvgIpc) is 2.28. The van der Waals surface area contributed by atoms with Gasteiger partial charge in [-0.3, -0.25) is 0 Å². The molecule has 0 aromatic carbocycles. The van der Waals surface area contributed by atoms with Gasteiger partial charge in [-0.25, -0.2) is 0 Å². The van der Waals surface area contributed by atoms with Crippen molar-refractivity contribution in [2.24, 2.45) is 0 Å². The van der Waals surface area contributed by atoms with Crippen LogP contribution in [0.1, 0.15) is 40.0 Å². The molecule has 0 aromatic rings. The first kappa shape index (κ1) is 14.2. The molecular formula is C12H25N3O2S. The molecule has 18 heavy (non-hydrogen) atoms. The fraction of sp³-hybridized carbons (Fsp3) is 1.00. The fourth-order valence-electron chi connectivity index (χ4n) is 2.85. The first-order valence-electron chi connectivity index (χ1n) is 6.85. The molecule has 5 nitrogen and oxygen atoms in total. The van der Waals surface area contributed by atoms with Gasteiger partial charge in [-0.2, -0.15) is 17.0 Å². The highest BCUT2D eigenvalue weighted by Crippen LogP contribution is 2.24. The zero-order valence-corrected chi connectivity index (χ0v) is 12.5. The lowest BCUT2D eigenvalue weighted by Gasteiger charge is -2.42. The van der Waals surface area contributed by atoms with Gasteiger partial charge in [0.2, 0.25) is 0 Å². The maximum absolute atomic E-state index is 12.7. The van der Waals surface area contributed by atoms with Gasteiger partial charge in [-0.05, 0) is 33.6 Å². The van der Waals surface area contributed by atoms with E-state index in [0.29, 0.717) is 19.6 Å². The Morgan fingerprint density at radius 3 is 2.56 bits per heavy atom. The van der Waals surface area contributed by atoms with Crippen LogP contribution in [-0.2, 0) is 10.2 Å². The normalized spacial score (nSPS) is 31.4. The molecule has 1 atom stereocenters. The van der Waals surface area contributed by atoms with Crippen LogP contribution in [0.4, 0.5) is 0 Å². The highest BCUT2D eigenvalue weighted by atomic mass is 32.2. The van der Waals surface area contributed by atoms with Crippen LogP contribution >= 0.6 is 0 Å². The molecule has 1 N–H and O–H groups in total. The molecule has 0 amide bonds. The van der Waals surface area contributed by atoms with Crippen molar-refractivity contribution in [3.05, 3.63) is 0 Å². The van der Waals surface area contributed by atoms with Crippen molar-refractivity contribution >= 4 is 10.2 Å². The molecule has 2 fully saturated rings. The van der Waals surface area contributed by atoms with Gasteiger partial charge in [0, 0.05) is 37.8 Å². The van der Waals surface area contributed by atoms with Crippen molar-refractivity contribution < 1.29 is 8.42 Å². The minimum Gasteiger partial charge on any atom is -0.309 e. The Morgan fingerprint density at radius 1 is 1.22 bits per heavy atom. The molecule has 0 radical (unpaired) electrons. The van der Waals surface area contributed by atoms with Crippen LogP contribution < -0.4 is 5.32 Å². The SMILES string of the molecule is CC1CCCCN1S(=O)(=O)N1CCNC(C)(C)C1. The van der Waals surface area contributed by atoms with Crippen LogP contribution in [0.3, 0.4) is 0 Å². The lowest BCUT2D eigenvalue weighted by molar-refractivity contribution is 0.198. The molecule has 2 heterocycles. The summed E-state index contributed by atoms with van der Waals surface area (Å²) in [6, 6.07) is 0.141. The van der Waals surface area contributed by atoms with E-state index in [-0.39, 0.29) is 11.6 Å². The minimum atomic E-state index is -3.28. The number of piperazine rings is 1. The number of piperidine rings is 1. The molecule has 6 heteroatoms. The van der Waals surface area contributed by atoms with Crippen molar-refractivity contribution in [3.8, 4) is 0 Å². The minimum absolute atomic E-state index is 0.135. The van der Waals surface area contributed by atoms with Crippen LogP contribution in [0.15, 0.2) is 0 Å². The Labute approximate surface area is 111 Å². The van der Waals surface area contributed by atoms with Crippen molar-refractivity contribution in [3.63, 3.8) is 0 Å². The third-order valence-electron chi connectivity index (χ3n) is 3.90. The van der Waals surface area contributed by atoms with Gasteiger partial charge in [-0.1, -0.05) is 6.42 Å². The standard InChI is InChI=1S/C12H25N3O2S/c1-11-6-4-5-8-15(11)18(16,17)14-9-7-13-12(2,3)10-14/h11,13H,4-10H2,1-3H3. The van der Waals surface area contributed by atoms with Gasteiger partial charge < -0.3 is 5.32 Å². The van der Waals surface area contributed by atoms with E-state index < -0.39 is 10.2 Å². The van der Waals surface area contributed by atoms with Crippen LogP contribution in [0, 0.1) is 0 Å². The van der Waals surface area contributed by atoms with Gasteiger partial charge in [0.15, 0.2) is 0 Å². The first-order valence-corrected chi connectivity index (χ1v) is 8.25. The number of nitrogens with zero attached hydrogens (tertiary/aromatic N) is 2. The summed E-state index contributed by atoms with van der Waals surface area (Å²) in [7, 11) is -3.28. The van der Waals surface area contributed by atoms with Gasteiger partial charge in [-0.15, -0.1) is 0 Å². The maximum atomic E-state index is 12.7. The van der Waals surface area contributed by atoms with E-state index in [1.54, 1.807) is 8.61 Å². The summed E-state index contributed by atoms with van der Waals surface area (Å²) in [5.41, 5.74) is -0.135. The van der Waals surface area contributed by atoms with E-state index in [0.717, 1.165) is 25.8 Å². The summed E-state index contributed by atoms with van der Waals surface area (Å²) in [5.74, 6) is 0. The fourth-order valence-corrected chi connectivity index (χ4v) is 4.88. The summed E-state index contributed by atoms with van der Waals surface area (Å²) in [6.45, 7) is 8.66. The topological polar surface area (TPSA) is 52.7 Å². The summed E-state index contributed by atoms with van der Waals surface area (Å²) in [4.78, 5) is 0. The van der Waals surface area contributed by atoms with Crippen molar-refractivity contribution in [1.82, 2.24) is 13.9 Å². The molecular weight excluding hydrogens is 250 g/mol. The number of rotatable bonds is 2. The van der Waals surface area contributed by atoms with Gasteiger partial charge in [0.25, 0.3) is 10.2 Å². The molecule has 2 saturated heterocycles. The molecule has 0 aromatic heterocycles. The van der Waals surface area contributed by atoms with E-state index in [2.05, 4.69) is 5.32 Å². The predicted octanol–water partition coefficient (Wildman–Crippen LogP) is 0.789. The van der Waals surface area contributed by atoms with Crippen molar-refractivity contribution in [2.75, 3.05) is 26.2 Å². The largest absolute Gasteiger partial charge is 0.309 e. The molecule has 2 rings (SSSR count). The third kappa shape index (κ3) is 2.87. The summed E-state index contributed by atoms with van der Waals surface area (Å²) >= 11 is 0. The predicted molar refractivity (Wildman–Crippen MR) is 72.6 cm³/mol. The van der Waals surface area contributed by atoms with E-state index in [1.165, 1.54) is 0 Å². The molecule has 0 saturated carbocycles. The molecule has 2 aliphatic heterocycles. The lowest BCUT2D eigenvalue weighted by Crippen LogP contribution is -2.61. The van der Waals surface area contributed by atoms with Crippen LogP contribution in [0.25, 0.3) is 0 Å². The second-order valence-electron chi connectivity index (χ2n) is 6.11. The second-order valence-corrected chi connectivity index (χ2v) is 7.99.